The first-order valence-electron chi connectivity index (χ1n) is 4.36. The topological polar surface area (TPSA) is 23.8 Å². The zero-order valence-corrected chi connectivity index (χ0v) is 9.25. The predicted molar refractivity (Wildman–Crippen MR) is 60.9 cm³/mol. The van der Waals surface area contributed by atoms with Crippen LogP contribution in [0, 0.1) is 11.3 Å². The number of thiophene rings is 1. The van der Waals surface area contributed by atoms with E-state index < -0.39 is 0 Å². The van der Waals surface area contributed by atoms with Gasteiger partial charge in [-0.3, -0.25) is 0 Å². The smallest absolute Gasteiger partial charge is 0.101 e. The van der Waals surface area contributed by atoms with Crippen LogP contribution in [0.3, 0.4) is 0 Å². The number of benzene rings is 1. The Kier molecular flexibility index (Phi) is 2.45. The molecule has 0 spiro atoms. The second-order valence-corrected chi connectivity index (χ2v) is 4.32. The van der Waals surface area contributed by atoms with Crippen LogP contribution < -0.4 is 0 Å². The molecule has 2 aromatic rings. The first-order chi connectivity index (χ1) is 6.77. The molecule has 0 saturated heterocycles. The van der Waals surface area contributed by atoms with E-state index in [1.807, 2.05) is 17.5 Å². The van der Waals surface area contributed by atoms with Crippen LogP contribution in [0.4, 0.5) is 0 Å². The van der Waals surface area contributed by atoms with Crippen molar-refractivity contribution in [3.05, 3.63) is 33.7 Å². The molecule has 0 fully saturated rings. The minimum atomic E-state index is 0.685. The molecule has 1 aromatic heterocycles. The molecule has 1 aromatic carbocycles. The largest absolute Gasteiger partial charge is 0.192 e. The monoisotopic (exact) mass is 221 g/mol. The molecule has 0 bridgehead atoms. The SMILES string of the molecule is CCc1ccc2scc(C#N)c2c1Cl. The average molecular weight is 222 g/mol. The van der Waals surface area contributed by atoms with E-state index in [0.29, 0.717) is 5.56 Å². The summed E-state index contributed by atoms with van der Waals surface area (Å²) in [6.45, 7) is 2.06. The zero-order chi connectivity index (χ0) is 10.1. The van der Waals surface area contributed by atoms with Gasteiger partial charge in [0.2, 0.25) is 0 Å². The summed E-state index contributed by atoms with van der Waals surface area (Å²) in [7, 11) is 0. The van der Waals surface area contributed by atoms with Crippen LogP contribution in [0.2, 0.25) is 5.02 Å². The van der Waals surface area contributed by atoms with Gasteiger partial charge in [0.1, 0.15) is 6.07 Å². The van der Waals surface area contributed by atoms with E-state index >= 15 is 0 Å². The Morgan fingerprint density at radius 2 is 2.29 bits per heavy atom. The molecule has 1 nitrogen and oxygen atoms in total. The van der Waals surface area contributed by atoms with E-state index in [4.69, 9.17) is 16.9 Å². The highest BCUT2D eigenvalue weighted by Crippen LogP contribution is 2.34. The maximum atomic E-state index is 8.91. The lowest BCUT2D eigenvalue weighted by molar-refractivity contribution is 1.15. The van der Waals surface area contributed by atoms with Crippen molar-refractivity contribution in [1.29, 1.82) is 5.26 Å². The summed E-state index contributed by atoms with van der Waals surface area (Å²) in [4.78, 5) is 0. The second-order valence-electron chi connectivity index (χ2n) is 3.03. The molecular formula is C11H8ClNS. The molecule has 0 saturated carbocycles. The Balaban J connectivity index is 2.85. The van der Waals surface area contributed by atoms with Crippen molar-refractivity contribution >= 4 is 33.0 Å². The van der Waals surface area contributed by atoms with Crippen LogP contribution in [0.5, 0.6) is 0 Å². The minimum absolute atomic E-state index is 0.685. The van der Waals surface area contributed by atoms with Crippen LogP contribution in [0.15, 0.2) is 17.5 Å². The number of halogens is 1. The molecule has 0 atom stereocenters. The van der Waals surface area contributed by atoms with E-state index in [-0.39, 0.29) is 0 Å². The van der Waals surface area contributed by atoms with Gasteiger partial charge in [0.15, 0.2) is 0 Å². The molecule has 1 heterocycles. The summed E-state index contributed by atoms with van der Waals surface area (Å²) in [5.41, 5.74) is 1.79. The highest BCUT2D eigenvalue weighted by molar-refractivity contribution is 7.17. The van der Waals surface area contributed by atoms with E-state index in [9.17, 15) is 0 Å². The fraction of sp³-hybridized carbons (Fsp3) is 0.182. The Labute approximate surface area is 91.5 Å². The first kappa shape index (κ1) is 9.51. The summed E-state index contributed by atoms with van der Waals surface area (Å²) < 4.78 is 1.09. The van der Waals surface area contributed by atoms with Gasteiger partial charge in [0.25, 0.3) is 0 Å². The number of nitrogens with zero attached hydrogens (tertiary/aromatic N) is 1. The fourth-order valence-corrected chi connectivity index (χ4v) is 2.84. The lowest BCUT2D eigenvalue weighted by Gasteiger charge is -2.01. The van der Waals surface area contributed by atoms with Gasteiger partial charge in [-0.15, -0.1) is 11.3 Å². The first-order valence-corrected chi connectivity index (χ1v) is 5.62. The standard InChI is InChI=1S/C11H8ClNS/c1-2-7-3-4-9-10(11(7)12)8(5-13)6-14-9/h3-4,6H,2H2,1H3. The van der Waals surface area contributed by atoms with E-state index in [1.165, 1.54) is 0 Å². The maximum Gasteiger partial charge on any atom is 0.101 e. The van der Waals surface area contributed by atoms with Gasteiger partial charge in [0.05, 0.1) is 10.6 Å². The van der Waals surface area contributed by atoms with E-state index in [0.717, 1.165) is 27.1 Å². The van der Waals surface area contributed by atoms with Crippen molar-refractivity contribution in [1.82, 2.24) is 0 Å². The van der Waals surface area contributed by atoms with Crippen molar-refractivity contribution in [2.45, 2.75) is 13.3 Å². The Bertz CT molecular complexity index is 522. The highest BCUT2D eigenvalue weighted by atomic mass is 35.5. The van der Waals surface area contributed by atoms with Crippen LogP contribution in [0.25, 0.3) is 10.1 Å². The fourth-order valence-electron chi connectivity index (χ4n) is 1.49. The van der Waals surface area contributed by atoms with Gasteiger partial charge in [-0.25, -0.2) is 0 Å². The number of aryl methyl sites for hydroxylation is 1. The zero-order valence-electron chi connectivity index (χ0n) is 7.67. The maximum absolute atomic E-state index is 8.91. The summed E-state index contributed by atoms with van der Waals surface area (Å²) in [5, 5.41) is 12.4. The van der Waals surface area contributed by atoms with Gasteiger partial charge in [-0.2, -0.15) is 5.26 Å². The lowest BCUT2D eigenvalue weighted by Crippen LogP contribution is -1.82. The van der Waals surface area contributed by atoms with Gasteiger partial charge in [0, 0.05) is 15.5 Å². The molecule has 0 unspecified atom stereocenters. The van der Waals surface area contributed by atoms with Crippen molar-refractivity contribution in [2.24, 2.45) is 0 Å². The molecule has 70 valence electrons. The van der Waals surface area contributed by atoms with E-state index in [1.54, 1.807) is 11.3 Å². The molecule has 0 radical (unpaired) electrons. The quantitative estimate of drug-likeness (QED) is 0.715. The van der Waals surface area contributed by atoms with Gasteiger partial charge >= 0.3 is 0 Å². The molecule has 0 N–H and O–H groups in total. The Morgan fingerprint density at radius 1 is 1.50 bits per heavy atom. The second kappa shape index (κ2) is 3.61. The third-order valence-corrected chi connectivity index (χ3v) is 3.64. The molecule has 0 aliphatic heterocycles. The highest BCUT2D eigenvalue weighted by Gasteiger charge is 2.10. The van der Waals surface area contributed by atoms with Crippen LogP contribution in [0.1, 0.15) is 18.1 Å². The number of fused-ring (bicyclic) bond motifs is 1. The molecule has 3 heteroatoms. The number of hydrogen-bond acceptors (Lipinski definition) is 2. The van der Waals surface area contributed by atoms with Crippen LogP contribution in [-0.2, 0) is 6.42 Å². The lowest BCUT2D eigenvalue weighted by atomic mass is 10.1. The molecule has 14 heavy (non-hydrogen) atoms. The molecule has 0 aliphatic carbocycles. The van der Waals surface area contributed by atoms with Gasteiger partial charge in [-0.1, -0.05) is 24.6 Å². The minimum Gasteiger partial charge on any atom is -0.192 e. The Hall–Kier alpha value is -1.04. The van der Waals surface area contributed by atoms with Crippen LogP contribution in [-0.4, -0.2) is 0 Å². The third kappa shape index (κ3) is 1.30. The van der Waals surface area contributed by atoms with Crippen molar-refractivity contribution in [3.8, 4) is 6.07 Å². The van der Waals surface area contributed by atoms with Crippen LogP contribution >= 0.6 is 22.9 Å². The van der Waals surface area contributed by atoms with E-state index in [2.05, 4.69) is 13.0 Å². The summed E-state index contributed by atoms with van der Waals surface area (Å²) in [6.07, 6.45) is 0.898. The molecular weight excluding hydrogens is 214 g/mol. The average Bonchev–Trinajstić information content (AvgIpc) is 2.62. The van der Waals surface area contributed by atoms with Crippen molar-refractivity contribution < 1.29 is 0 Å². The third-order valence-electron chi connectivity index (χ3n) is 2.26. The normalized spacial score (nSPS) is 10.4. The predicted octanol–water partition coefficient (Wildman–Crippen LogP) is 3.99. The van der Waals surface area contributed by atoms with Gasteiger partial charge in [-0.05, 0) is 18.1 Å². The molecule has 0 amide bonds. The molecule has 0 aliphatic rings. The number of nitriles is 1. The van der Waals surface area contributed by atoms with Crippen molar-refractivity contribution in [2.75, 3.05) is 0 Å². The summed E-state index contributed by atoms with van der Waals surface area (Å²) in [5.74, 6) is 0. The van der Waals surface area contributed by atoms with Crippen molar-refractivity contribution in [3.63, 3.8) is 0 Å². The number of hydrogen-bond donors (Lipinski definition) is 0. The number of rotatable bonds is 1. The Morgan fingerprint density at radius 3 is 2.93 bits per heavy atom. The summed E-state index contributed by atoms with van der Waals surface area (Å²) in [6, 6.07) is 6.23. The van der Waals surface area contributed by atoms with Gasteiger partial charge < -0.3 is 0 Å². The molecule has 2 rings (SSSR count). The summed E-state index contributed by atoms with van der Waals surface area (Å²) >= 11 is 7.79.